The van der Waals surface area contributed by atoms with Gasteiger partial charge in [0.25, 0.3) is 0 Å². The van der Waals surface area contributed by atoms with E-state index in [4.69, 9.17) is 0 Å². The molecule has 30 heavy (non-hydrogen) atoms. The van der Waals surface area contributed by atoms with Gasteiger partial charge in [0.1, 0.15) is 11.2 Å². The minimum absolute atomic E-state index is 0.258. The first-order chi connectivity index (χ1) is 14.4. The van der Waals surface area contributed by atoms with Crippen LogP contribution in [0.5, 0.6) is 0 Å². The number of anilines is 2. The molecule has 8 nitrogen and oxygen atoms in total. The molecule has 4 aromatic heterocycles. The van der Waals surface area contributed by atoms with Crippen molar-refractivity contribution in [3.05, 3.63) is 66.5 Å². The van der Waals surface area contributed by atoms with E-state index < -0.39 is 11.4 Å². The van der Waals surface area contributed by atoms with Crippen molar-refractivity contribution < 1.29 is 9.50 Å². The molecular weight excluding hydrogens is 385 g/mol. The molecule has 4 heterocycles. The quantitative estimate of drug-likeness (QED) is 0.433. The number of halogens is 1. The molecule has 154 valence electrons. The van der Waals surface area contributed by atoms with Gasteiger partial charge in [-0.2, -0.15) is 0 Å². The fourth-order valence-corrected chi connectivity index (χ4v) is 3.03. The number of aromatic nitrogens is 5. The summed E-state index contributed by atoms with van der Waals surface area (Å²) in [6, 6.07) is 8.94. The highest BCUT2D eigenvalue weighted by Gasteiger charge is 2.17. The maximum Gasteiger partial charge on any atom is 0.200 e. The Labute approximate surface area is 172 Å². The second-order valence-corrected chi connectivity index (χ2v) is 7.53. The van der Waals surface area contributed by atoms with Crippen molar-refractivity contribution in [2.45, 2.75) is 26.0 Å². The standard InChI is InChI=1S/C21H22FN7O/c1-21(2,30)13-24-11-14-7-10-29-18(14)20(26-16-6-9-23-12-15(16)22)27-19(28-29)17-5-3-4-8-25-17/h3-10,12,24,30H,11,13H2,1-2H3,(H,23,26,27,28). The molecule has 0 saturated heterocycles. The van der Waals surface area contributed by atoms with Gasteiger partial charge in [-0.1, -0.05) is 6.07 Å². The molecule has 0 unspecified atom stereocenters. The molecule has 0 atom stereocenters. The second kappa shape index (κ2) is 8.13. The second-order valence-electron chi connectivity index (χ2n) is 7.53. The zero-order valence-electron chi connectivity index (χ0n) is 16.7. The Balaban J connectivity index is 1.77. The lowest BCUT2D eigenvalue weighted by Gasteiger charge is -2.17. The van der Waals surface area contributed by atoms with Crippen LogP contribution >= 0.6 is 0 Å². The monoisotopic (exact) mass is 407 g/mol. The van der Waals surface area contributed by atoms with E-state index in [-0.39, 0.29) is 5.69 Å². The molecule has 0 radical (unpaired) electrons. The van der Waals surface area contributed by atoms with E-state index in [1.54, 1.807) is 30.6 Å². The summed E-state index contributed by atoms with van der Waals surface area (Å²) in [4.78, 5) is 12.7. The first-order valence-electron chi connectivity index (χ1n) is 9.50. The maximum atomic E-state index is 14.2. The third kappa shape index (κ3) is 4.42. The number of fused-ring (bicyclic) bond motifs is 1. The van der Waals surface area contributed by atoms with Crippen LogP contribution in [0.4, 0.5) is 15.9 Å². The Morgan fingerprint density at radius 2 is 2.03 bits per heavy atom. The summed E-state index contributed by atoms with van der Waals surface area (Å²) in [6.07, 6.45) is 6.14. The van der Waals surface area contributed by atoms with Crippen molar-refractivity contribution in [2.75, 3.05) is 11.9 Å². The van der Waals surface area contributed by atoms with Gasteiger partial charge in [-0.05, 0) is 43.7 Å². The fraction of sp³-hybridized carbons (Fsp3) is 0.238. The minimum atomic E-state index is -0.834. The third-order valence-corrected chi connectivity index (χ3v) is 4.39. The lowest BCUT2D eigenvalue weighted by molar-refractivity contribution is 0.0795. The fourth-order valence-electron chi connectivity index (χ4n) is 3.03. The lowest BCUT2D eigenvalue weighted by atomic mass is 10.1. The Hall–Kier alpha value is -3.43. The Bertz CT molecular complexity index is 1160. The van der Waals surface area contributed by atoms with Crippen LogP contribution in [0, 0.1) is 5.82 Å². The molecule has 9 heteroatoms. The predicted octanol–water partition coefficient (Wildman–Crippen LogP) is 2.93. The SMILES string of the molecule is CC(C)(O)CNCc1ccn2nc(-c3ccccn3)nc(Nc3ccncc3F)c12. The maximum absolute atomic E-state index is 14.2. The number of rotatable bonds is 7. The number of aliphatic hydroxyl groups is 1. The van der Waals surface area contributed by atoms with Gasteiger partial charge >= 0.3 is 0 Å². The van der Waals surface area contributed by atoms with Gasteiger partial charge in [0, 0.05) is 31.7 Å². The molecule has 4 aromatic rings. The van der Waals surface area contributed by atoms with E-state index in [0.717, 1.165) is 11.8 Å². The number of hydrogen-bond donors (Lipinski definition) is 3. The molecule has 0 aliphatic carbocycles. The summed E-state index contributed by atoms with van der Waals surface area (Å²) in [6.45, 7) is 4.37. The molecule has 0 amide bonds. The van der Waals surface area contributed by atoms with E-state index in [1.165, 1.54) is 6.20 Å². The first kappa shape index (κ1) is 19.9. The average Bonchev–Trinajstić information content (AvgIpc) is 3.13. The minimum Gasteiger partial charge on any atom is -0.389 e. The van der Waals surface area contributed by atoms with E-state index in [1.807, 2.05) is 30.5 Å². The van der Waals surface area contributed by atoms with Gasteiger partial charge in [0.15, 0.2) is 11.6 Å². The molecule has 0 aliphatic rings. The molecule has 0 aliphatic heterocycles. The van der Waals surface area contributed by atoms with Crippen LogP contribution in [0.25, 0.3) is 17.0 Å². The van der Waals surface area contributed by atoms with E-state index in [2.05, 4.69) is 30.7 Å². The van der Waals surface area contributed by atoms with Crippen LogP contribution in [-0.2, 0) is 6.54 Å². The van der Waals surface area contributed by atoms with Gasteiger partial charge < -0.3 is 15.7 Å². The average molecular weight is 407 g/mol. The van der Waals surface area contributed by atoms with Crippen LogP contribution in [0.3, 0.4) is 0 Å². The molecule has 0 spiro atoms. The summed E-state index contributed by atoms with van der Waals surface area (Å²) < 4.78 is 15.9. The van der Waals surface area contributed by atoms with Crippen molar-refractivity contribution in [1.82, 2.24) is 29.9 Å². The van der Waals surface area contributed by atoms with Crippen LogP contribution in [0.15, 0.2) is 55.1 Å². The summed E-state index contributed by atoms with van der Waals surface area (Å²) in [5.41, 5.74) is 1.64. The van der Waals surface area contributed by atoms with Crippen molar-refractivity contribution in [2.24, 2.45) is 0 Å². The Morgan fingerprint density at radius 3 is 2.77 bits per heavy atom. The summed E-state index contributed by atoms with van der Waals surface area (Å²) in [5.74, 6) is 0.370. The van der Waals surface area contributed by atoms with Crippen LogP contribution < -0.4 is 10.6 Å². The zero-order valence-corrected chi connectivity index (χ0v) is 16.7. The highest BCUT2D eigenvalue weighted by molar-refractivity contribution is 5.78. The summed E-state index contributed by atoms with van der Waals surface area (Å²) in [7, 11) is 0. The predicted molar refractivity (Wildman–Crippen MR) is 112 cm³/mol. The molecule has 0 aromatic carbocycles. The summed E-state index contributed by atoms with van der Waals surface area (Å²) >= 11 is 0. The van der Waals surface area contributed by atoms with Crippen molar-refractivity contribution >= 4 is 17.0 Å². The van der Waals surface area contributed by atoms with Crippen molar-refractivity contribution in [1.29, 1.82) is 0 Å². The number of nitrogens with one attached hydrogen (secondary N) is 2. The van der Waals surface area contributed by atoms with Crippen LogP contribution in [-0.4, -0.2) is 41.8 Å². The Morgan fingerprint density at radius 1 is 1.17 bits per heavy atom. The molecule has 0 fully saturated rings. The molecule has 0 bridgehead atoms. The zero-order chi connectivity index (χ0) is 21.1. The number of hydrogen-bond acceptors (Lipinski definition) is 7. The van der Waals surface area contributed by atoms with Crippen molar-refractivity contribution in [3.8, 4) is 11.5 Å². The van der Waals surface area contributed by atoms with E-state index in [9.17, 15) is 9.50 Å². The highest BCUT2D eigenvalue weighted by Crippen LogP contribution is 2.27. The van der Waals surface area contributed by atoms with Gasteiger partial charge in [-0.3, -0.25) is 9.97 Å². The van der Waals surface area contributed by atoms with Gasteiger partial charge in [0.05, 0.1) is 17.5 Å². The highest BCUT2D eigenvalue weighted by atomic mass is 19.1. The largest absolute Gasteiger partial charge is 0.389 e. The van der Waals surface area contributed by atoms with E-state index in [0.29, 0.717) is 35.9 Å². The number of nitrogens with zero attached hydrogens (tertiary/aromatic N) is 5. The van der Waals surface area contributed by atoms with E-state index >= 15 is 0 Å². The third-order valence-electron chi connectivity index (χ3n) is 4.39. The van der Waals surface area contributed by atoms with Gasteiger partial charge in [-0.15, -0.1) is 5.10 Å². The van der Waals surface area contributed by atoms with Crippen LogP contribution in [0.1, 0.15) is 19.4 Å². The molecule has 0 saturated carbocycles. The Kier molecular flexibility index (Phi) is 5.39. The lowest BCUT2D eigenvalue weighted by Crippen LogP contribution is -2.34. The first-order valence-corrected chi connectivity index (χ1v) is 9.50. The van der Waals surface area contributed by atoms with Gasteiger partial charge in [-0.25, -0.2) is 13.9 Å². The molecular formula is C21H22FN7O. The number of pyridine rings is 2. The normalized spacial score (nSPS) is 11.7. The topological polar surface area (TPSA) is 100 Å². The van der Waals surface area contributed by atoms with Gasteiger partial charge in [0.2, 0.25) is 5.82 Å². The smallest absolute Gasteiger partial charge is 0.200 e. The van der Waals surface area contributed by atoms with Crippen LogP contribution in [0.2, 0.25) is 0 Å². The van der Waals surface area contributed by atoms with Crippen molar-refractivity contribution in [3.63, 3.8) is 0 Å². The molecule has 3 N–H and O–H groups in total. The molecule has 4 rings (SSSR count). The summed E-state index contributed by atoms with van der Waals surface area (Å²) in [5, 5.41) is 20.8.